The van der Waals surface area contributed by atoms with E-state index in [1.54, 1.807) is 17.0 Å². The molecule has 0 unspecified atom stereocenters. The Balaban J connectivity index is 1.58. The normalized spacial score (nSPS) is 14.6. The molecule has 3 rings (SSSR count). The average molecular weight is 368 g/mol. The fourth-order valence-electron chi connectivity index (χ4n) is 2.62. The number of urea groups is 1. The molecule has 1 fully saturated rings. The van der Waals surface area contributed by atoms with E-state index in [2.05, 4.69) is 10.2 Å². The van der Waals surface area contributed by atoms with E-state index < -0.39 is 0 Å². The maximum absolute atomic E-state index is 12.9. The monoisotopic (exact) mass is 367 g/mol. The second-order valence-electron chi connectivity index (χ2n) is 5.51. The number of nitrogens with zero attached hydrogens (tertiary/aromatic N) is 2. The van der Waals surface area contributed by atoms with Crippen molar-refractivity contribution in [2.45, 2.75) is 0 Å². The maximum atomic E-state index is 12.9. The molecule has 0 saturated carbocycles. The van der Waals surface area contributed by atoms with Gasteiger partial charge in [-0.3, -0.25) is 0 Å². The number of carbonyl (C=O) groups excluding carboxylic acids is 1. The molecule has 0 aromatic heterocycles. The molecule has 24 heavy (non-hydrogen) atoms. The number of hydrogen-bond donors (Lipinski definition) is 1. The first kappa shape index (κ1) is 16.9. The zero-order valence-corrected chi connectivity index (χ0v) is 14.3. The summed E-state index contributed by atoms with van der Waals surface area (Å²) < 4.78 is 12.9. The largest absolute Gasteiger partial charge is 0.367 e. The second kappa shape index (κ2) is 7.28. The molecular weight excluding hydrogens is 352 g/mol. The highest BCUT2D eigenvalue weighted by Crippen LogP contribution is 2.29. The minimum absolute atomic E-state index is 0.191. The third-order valence-electron chi connectivity index (χ3n) is 3.91. The van der Waals surface area contributed by atoms with Crippen LogP contribution in [-0.4, -0.2) is 37.1 Å². The summed E-state index contributed by atoms with van der Waals surface area (Å²) in [6.07, 6.45) is 0. The molecule has 0 radical (unpaired) electrons. The molecule has 0 aliphatic carbocycles. The van der Waals surface area contributed by atoms with Crippen molar-refractivity contribution >= 4 is 40.6 Å². The predicted octanol–water partition coefficient (Wildman–Crippen LogP) is 4.49. The van der Waals surface area contributed by atoms with Crippen molar-refractivity contribution in [2.24, 2.45) is 0 Å². The van der Waals surface area contributed by atoms with E-state index in [9.17, 15) is 9.18 Å². The van der Waals surface area contributed by atoms with Crippen LogP contribution in [0.25, 0.3) is 0 Å². The summed E-state index contributed by atoms with van der Waals surface area (Å²) in [5.41, 5.74) is 1.49. The number of anilines is 2. The predicted molar refractivity (Wildman–Crippen MR) is 95.7 cm³/mol. The minimum Gasteiger partial charge on any atom is -0.367 e. The van der Waals surface area contributed by atoms with Gasteiger partial charge in [-0.15, -0.1) is 0 Å². The molecule has 1 aliphatic rings. The molecule has 1 N–H and O–H groups in total. The Hall–Kier alpha value is -1.98. The molecule has 4 nitrogen and oxygen atoms in total. The number of rotatable bonds is 2. The van der Waals surface area contributed by atoms with E-state index in [-0.39, 0.29) is 11.8 Å². The fourth-order valence-corrected chi connectivity index (χ4v) is 3.15. The van der Waals surface area contributed by atoms with E-state index in [1.165, 1.54) is 24.3 Å². The zero-order valence-electron chi connectivity index (χ0n) is 12.8. The molecule has 1 saturated heterocycles. The van der Waals surface area contributed by atoms with Crippen LogP contribution in [0.15, 0.2) is 42.5 Å². The van der Waals surface area contributed by atoms with Crippen LogP contribution >= 0.6 is 23.2 Å². The minimum atomic E-state index is -0.332. The highest BCUT2D eigenvalue weighted by atomic mass is 35.5. The first-order valence-electron chi connectivity index (χ1n) is 7.54. The number of amides is 2. The molecule has 2 aromatic rings. The van der Waals surface area contributed by atoms with Gasteiger partial charge in [0.05, 0.1) is 10.7 Å². The van der Waals surface area contributed by atoms with E-state index in [1.807, 2.05) is 6.07 Å². The second-order valence-corrected chi connectivity index (χ2v) is 6.35. The molecule has 2 amide bonds. The number of carbonyl (C=O) groups is 1. The summed E-state index contributed by atoms with van der Waals surface area (Å²) in [5, 5.41) is 3.97. The molecule has 0 bridgehead atoms. The van der Waals surface area contributed by atoms with Gasteiger partial charge in [0.2, 0.25) is 0 Å². The van der Waals surface area contributed by atoms with Crippen molar-refractivity contribution < 1.29 is 9.18 Å². The highest BCUT2D eigenvalue weighted by molar-refractivity contribution is 6.36. The molecule has 2 aromatic carbocycles. The van der Waals surface area contributed by atoms with Gasteiger partial charge in [-0.1, -0.05) is 23.2 Å². The van der Waals surface area contributed by atoms with Crippen molar-refractivity contribution in [2.75, 3.05) is 36.4 Å². The quantitative estimate of drug-likeness (QED) is 0.848. The standard InChI is InChI=1S/C17H16Cl2FN3O/c18-12-1-6-16(15(19)11-12)22-7-9-23(10-8-22)17(24)21-14-4-2-13(20)3-5-14/h1-6,11H,7-10H2,(H,21,24). The Labute approximate surface area is 149 Å². The Morgan fingerprint density at radius 3 is 2.29 bits per heavy atom. The Kier molecular flexibility index (Phi) is 5.11. The molecule has 0 atom stereocenters. The molecule has 1 heterocycles. The first-order valence-corrected chi connectivity index (χ1v) is 8.30. The fraction of sp³-hybridized carbons (Fsp3) is 0.235. The topological polar surface area (TPSA) is 35.6 Å². The smallest absolute Gasteiger partial charge is 0.321 e. The van der Waals surface area contributed by atoms with Crippen LogP contribution in [0, 0.1) is 5.82 Å². The summed E-state index contributed by atoms with van der Waals surface area (Å²) in [6, 6.07) is 10.9. The van der Waals surface area contributed by atoms with Crippen molar-refractivity contribution in [3.05, 3.63) is 58.3 Å². The molecule has 1 aliphatic heterocycles. The first-order chi connectivity index (χ1) is 11.5. The van der Waals surface area contributed by atoms with E-state index in [0.29, 0.717) is 41.9 Å². The van der Waals surface area contributed by atoms with Gasteiger partial charge < -0.3 is 15.1 Å². The number of piperazine rings is 1. The third kappa shape index (κ3) is 3.91. The zero-order chi connectivity index (χ0) is 17.1. The van der Waals surface area contributed by atoms with E-state index >= 15 is 0 Å². The van der Waals surface area contributed by atoms with Gasteiger partial charge in [0.25, 0.3) is 0 Å². The van der Waals surface area contributed by atoms with Crippen molar-refractivity contribution in [1.29, 1.82) is 0 Å². The molecule has 0 spiro atoms. The van der Waals surface area contributed by atoms with Gasteiger partial charge in [-0.25, -0.2) is 9.18 Å². The van der Waals surface area contributed by atoms with Crippen LogP contribution in [0.4, 0.5) is 20.6 Å². The summed E-state index contributed by atoms with van der Waals surface area (Å²) in [4.78, 5) is 16.1. The van der Waals surface area contributed by atoms with Gasteiger partial charge in [0.1, 0.15) is 5.82 Å². The number of hydrogen-bond acceptors (Lipinski definition) is 2. The van der Waals surface area contributed by atoms with E-state index in [4.69, 9.17) is 23.2 Å². The Morgan fingerprint density at radius 1 is 1.00 bits per heavy atom. The average Bonchev–Trinajstić information content (AvgIpc) is 2.57. The van der Waals surface area contributed by atoms with Crippen LogP contribution in [0.3, 0.4) is 0 Å². The number of benzene rings is 2. The Bertz CT molecular complexity index is 731. The lowest BCUT2D eigenvalue weighted by Crippen LogP contribution is -2.50. The maximum Gasteiger partial charge on any atom is 0.321 e. The van der Waals surface area contributed by atoms with Crippen LogP contribution in [0.5, 0.6) is 0 Å². The summed E-state index contributed by atoms with van der Waals surface area (Å²) in [7, 11) is 0. The highest BCUT2D eigenvalue weighted by Gasteiger charge is 2.22. The summed E-state index contributed by atoms with van der Waals surface area (Å²) in [5.74, 6) is -0.332. The van der Waals surface area contributed by atoms with Gasteiger partial charge in [0.15, 0.2) is 0 Å². The van der Waals surface area contributed by atoms with Crippen LogP contribution in [0.1, 0.15) is 0 Å². The molecule has 126 valence electrons. The lowest BCUT2D eigenvalue weighted by molar-refractivity contribution is 0.208. The van der Waals surface area contributed by atoms with Gasteiger partial charge in [0, 0.05) is 36.9 Å². The van der Waals surface area contributed by atoms with Crippen LogP contribution < -0.4 is 10.2 Å². The third-order valence-corrected chi connectivity index (χ3v) is 4.45. The number of nitrogens with one attached hydrogen (secondary N) is 1. The Morgan fingerprint density at radius 2 is 1.67 bits per heavy atom. The van der Waals surface area contributed by atoms with Crippen molar-refractivity contribution in [3.63, 3.8) is 0 Å². The van der Waals surface area contributed by atoms with Crippen LogP contribution in [0.2, 0.25) is 10.0 Å². The number of halogens is 3. The lowest BCUT2D eigenvalue weighted by atomic mass is 10.2. The van der Waals surface area contributed by atoms with Crippen molar-refractivity contribution in [1.82, 2.24) is 4.90 Å². The van der Waals surface area contributed by atoms with Gasteiger partial charge in [-0.05, 0) is 42.5 Å². The van der Waals surface area contributed by atoms with Crippen LogP contribution in [-0.2, 0) is 0 Å². The van der Waals surface area contributed by atoms with Gasteiger partial charge in [-0.2, -0.15) is 0 Å². The van der Waals surface area contributed by atoms with Gasteiger partial charge >= 0.3 is 6.03 Å². The molecular formula is C17H16Cl2FN3O. The molecule has 7 heteroatoms. The van der Waals surface area contributed by atoms with E-state index in [0.717, 1.165) is 5.69 Å². The van der Waals surface area contributed by atoms with Crippen molar-refractivity contribution in [3.8, 4) is 0 Å². The summed E-state index contributed by atoms with van der Waals surface area (Å²) in [6.45, 7) is 2.51. The lowest BCUT2D eigenvalue weighted by Gasteiger charge is -2.36. The summed E-state index contributed by atoms with van der Waals surface area (Å²) >= 11 is 12.2. The SMILES string of the molecule is O=C(Nc1ccc(F)cc1)N1CCN(c2ccc(Cl)cc2Cl)CC1.